The van der Waals surface area contributed by atoms with Crippen LogP contribution in [0, 0.1) is 0 Å². The number of carbonyl (C=O) groups is 2. The number of aromatic nitrogens is 3. The van der Waals surface area contributed by atoms with Crippen LogP contribution in [-0.2, 0) is 22.6 Å². The number of methoxy groups -OCH3 is 2. The van der Waals surface area contributed by atoms with Gasteiger partial charge in [0, 0.05) is 12.2 Å². The Bertz CT molecular complexity index is 1150. The molecule has 2 N–H and O–H groups in total. The van der Waals surface area contributed by atoms with Crippen LogP contribution in [0.1, 0.15) is 24.4 Å². The average Bonchev–Trinajstić information content (AvgIpc) is 3.26. The number of thioether (sulfide) groups is 1. The van der Waals surface area contributed by atoms with E-state index < -0.39 is 0 Å². The van der Waals surface area contributed by atoms with Gasteiger partial charge in [-0.25, -0.2) is 0 Å². The van der Waals surface area contributed by atoms with E-state index in [9.17, 15) is 9.59 Å². The molecule has 2 aromatic carbocycles. The van der Waals surface area contributed by atoms with Crippen molar-refractivity contribution in [2.45, 2.75) is 31.1 Å². The average molecular weight is 496 g/mol. The van der Waals surface area contributed by atoms with Gasteiger partial charge < -0.3 is 24.7 Å². The number of hydrogen-bond acceptors (Lipinski definition) is 7. The number of carbonyl (C=O) groups excluding carboxylic acids is 2. The van der Waals surface area contributed by atoms with Gasteiger partial charge in [0.15, 0.2) is 11.0 Å². The van der Waals surface area contributed by atoms with Crippen LogP contribution >= 0.6 is 11.8 Å². The number of rotatable bonds is 12. The Morgan fingerprint density at radius 1 is 1.03 bits per heavy atom. The quantitative estimate of drug-likeness (QED) is 0.292. The molecule has 0 aliphatic heterocycles. The molecule has 0 fully saturated rings. The van der Waals surface area contributed by atoms with Crippen molar-refractivity contribution in [3.8, 4) is 11.5 Å². The number of benzene rings is 2. The summed E-state index contributed by atoms with van der Waals surface area (Å²) in [6, 6.07) is 14.1. The molecule has 184 valence electrons. The Morgan fingerprint density at radius 2 is 1.66 bits per heavy atom. The summed E-state index contributed by atoms with van der Waals surface area (Å²) in [6.07, 6.45) is 1.96. The first kappa shape index (κ1) is 25.8. The number of hydrogen-bond donors (Lipinski definition) is 2. The van der Waals surface area contributed by atoms with Crippen LogP contribution in [0.5, 0.6) is 11.5 Å². The molecule has 0 bridgehead atoms. The summed E-state index contributed by atoms with van der Waals surface area (Å²) >= 11 is 1.27. The van der Waals surface area contributed by atoms with E-state index in [1.54, 1.807) is 44.6 Å². The Kier molecular flexibility index (Phi) is 9.31. The molecule has 10 heteroatoms. The highest BCUT2D eigenvalue weighted by Gasteiger charge is 2.20. The van der Waals surface area contributed by atoms with E-state index in [2.05, 4.69) is 27.4 Å². The van der Waals surface area contributed by atoms with E-state index in [1.165, 1.54) is 11.8 Å². The molecule has 0 unspecified atom stereocenters. The normalized spacial score (nSPS) is 11.4. The minimum Gasteiger partial charge on any atom is -0.497 e. The first-order chi connectivity index (χ1) is 16.9. The van der Waals surface area contributed by atoms with Gasteiger partial charge in [-0.2, -0.15) is 0 Å². The Labute approximate surface area is 208 Å². The van der Waals surface area contributed by atoms with Gasteiger partial charge in [0.25, 0.3) is 0 Å². The van der Waals surface area contributed by atoms with Crippen molar-refractivity contribution in [2.24, 2.45) is 0 Å². The van der Waals surface area contributed by atoms with Crippen molar-refractivity contribution in [3.63, 3.8) is 0 Å². The fourth-order valence-corrected chi connectivity index (χ4v) is 4.07. The summed E-state index contributed by atoms with van der Waals surface area (Å²) in [4.78, 5) is 25.0. The Balaban J connectivity index is 1.59. The molecule has 3 aromatic rings. The number of nitrogens with one attached hydrogen (secondary N) is 2. The van der Waals surface area contributed by atoms with Crippen molar-refractivity contribution in [2.75, 3.05) is 25.3 Å². The van der Waals surface area contributed by atoms with Gasteiger partial charge in [-0.3, -0.25) is 9.59 Å². The lowest BCUT2D eigenvalue weighted by molar-refractivity contribution is -0.121. The zero-order valence-electron chi connectivity index (χ0n) is 20.0. The number of anilines is 1. The zero-order valence-corrected chi connectivity index (χ0v) is 20.8. The number of ether oxygens (including phenoxy) is 2. The lowest BCUT2D eigenvalue weighted by atomic mass is 10.1. The molecule has 0 saturated heterocycles. The van der Waals surface area contributed by atoms with Crippen LogP contribution < -0.4 is 20.1 Å². The summed E-state index contributed by atoms with van der Waals surface area (Å²) in [5.41, 5.74) is 1.56. The third-order valence-corrected chi connectivity index (χ3v) is 6.02. The predicted octanol–water partition coefficient (Wildman–Crippen LogP) is 3.63. The monoisotopic (exact) mass is 495 g/mol. The largest absolute Gasteiger partial charge is 0.497 e. The van der Waals surface area contributed by atoms with Gasteiger partial charge in [0.1, 0.15) is 11.5 Å². The SMILES string of the molecule is C=CCn1c(SCC(=O)Nc2ccc(OC)cc2)nnc1[C@H](C)NC(=O)Cc1ccc(OC)cc1. The van der Waals surface area contributed by atoms with Crippen LogP contribution in [-0.4, -0.2) is 46.6 Å². The van der Waals surface area contributed by atoms with Crippen molar-refractivity contribution < 1.29 is 19.1 Å². The maximum Gasteiger partial charge on any atom is 0.234 e. The van der Waals surface area contributed by atoms with Crippen molar-refractivity contribution in [1.82, 2.24) is 20.1 Å². The topological polar surface area (TPSA) is 107 Å². The molecule has 1 atom stereocenters. The maximum absolute atomic E-state index is 12.6. The van der Waals surface area contributed by atoms with E-state index in [1.807, 2.05) is 35.8 Å². The summed E-state index contributed by atoms with van der Waals surface area (Å²) in [6.45, 7) is 6.10. The molecular formula is C25H29N5O4S. The molecule has 1 aromatic heterocycles. The molecule has 0 radical (unpaired) electrons. The van der Waals surface area contributed by atoms with Crippen LogP contribution in [0.4, 0.5) is 5.69 Å². The lowest BCUT2D eigenvalue weighted by Crippen LogP contribution is -2.30. The highest BCUT2D eigenvalue weighted by Crippen LogP contribution is 2.22. The van der Waals surface area contributed by atoms with E-state index in [-0.39, 0.29) is 30.0 Å². The van der Waals surface area contributed by atoms with Crippen molar-refractivity contribution >= 4 is 29.3 Å². The van der Waals surface area contributed by atoms with Gasteiger partial charge in [-0.1, -0.05) is 30.0 Å². The van der Waals surface area contributed by atoms with Crippen LogP contribution in [0.25, 0.3) is 0 Å². The molecule has 1 heterocycles. The Morgan fingerprint density at radius 3 is 2.26 bits per heavy atom. The molecule has 0 saturated carbocycles. The molecular weight excluding hydrogens is 466 g/mol. The van der Waals surface area contributed by atoms with Crippen LogP contribution in [0.3, 0.4) is 0 Å². The van der Waals surface area contributed by atoms with Gasteiger partial charge in [-0.15, -0.1) is 16.8 Å². The highest BCUT2D eigenvalue weighted by molar-refractivity contribution is 7.99. The number of amides is 2. The summed E-state index contributed by atoms with van der Waals surface area (Å²) < 4.78 is 12.1. The molecule has 3 rings (SSSR count). The summed E-state index contributed by atoms with van der Waals surface area (Å²) in [7, 11) is 3.19. The molecule has 35 heavy (non-hydrogen) atoms. The molecule has 0 aliphatic carbocycles. The van der Waals surface area contributed by atoms with Crippen molar-refractivity contribution in [3.05, 3.63) is 72.6 Å². The minimum absolute atomic E-state index is 0.135. The van der Waals surface area contributed by atoms with Gasteiger partial charge in [0.05, 0.1) is 32.4 Å². The van der Waals surface area contributed by atoms with E-state index in [0.29, 0.717) is 29.0 Å². The van der Waals surface area contributed by atoms with E-state index in [4.69, 9.17) is 9.47 Å². The van der Waals surface area contributed by atoms with Crippen molar-refractivity contribution in [1.29, 1.82) is 0 Å². The van der Waals surface area contributed by atoms with Gasteiger partial charge in [0.2, 0.25) is 11.8 Å². The van der Waals surface area contributed by atoms with Gasteiger partial charge >= 0.3 is 0 Å². The van der Waals surface area contributed by atoms with E-state index >= 15 is 0 Å². The first-order valence-corrected chi connectivity index (χ1v) is 11.9. The van der Waals surface area contributed by atoms with Gasteiger partial charge in [-0.05, 0) is 48.9 Å². The molecule has 2 amide bonds. The maximum atomic E-state index is 12.6. The third kappa shape index (κ3) is 7.35. The summed E-state index contributed by atoms with van der Waals surface area (Å²) in [5, 5.41) is 14.9. The number of allylic oxidation sites excluding steroid dienone is 1. The van der Waals surface area contributed by atoms with Crippen LogP contribution in [0.15, 0.2) is 66.3 Å². The standard InChI is InChI=1S/C25H29N5O4S/c1-5-14-30-24(17(2)26-22(31)15-18-6-10-20(33-3)11-7-18)28-29-25(30)35-16-23(32)27-19-8-12-21(34-4)13-9-19/h5-13,17H,1,14-16H2,2-4H3,(H,26,31)(H,27,32)/t17-/m0/s1. The first-order valence-electron chi connectivity index (χ1n) is 11.0. The molecule has 0 aliphatic rings. The zero-order chi connectivity index (χ0) is 25.2. The van der Waals surface area contributed by atoms with Crippen LogP contribution in [0.2, 0.25) is 0 Å². The second kappa shape index (κ2) is 12.6. The molecule has 0 spiro atoms. The van der Waals surface area contributed by atoms with E-state index in [0.717, 1.165) is 11.3 Å². The summed E-state index contributed by atoms with van der Waals surface area (Å²) in [5.74, 6) is 1.89. The third-order valence-electron chi connectivity index (χ3n) is 5.05. The number of nitrogens with zero attached hydrogens (tertiary/aromatic N) is 3. The smallest absolute Gasteiger partial charge is 0.234 e. The predicted molar refractivity (Wildman–Crippen MR) is 136 cm³/mol. The minimum atomic E-state index is -0.379. The fourth-order valence-electron chi connectivity index (χ4n) is 3.32. The molecule has 9 nitrogen and oxygen atoms in total. The second-order valence-corrected chi connectivity index (χ2v) is 8.56. The Hall–Kier alpha value is -3.79. The fraction of sp³-hybridized carbons (Fsp3) is 0.280. The highest BCUT2D eigenvalue weighted by atomic mass is 32.2. The lowest BCUT2D eigenvalue weighted by Gasteiger charge is -2.15. The second-order valence-electron chi connectivity index (χ2n) is 7.62.